The summed E-state index contributed by atoms with van der Waals surface area (Å²) in [4.78, 5) is 3.53. The van der Waals surface area contributed by atoms with Crippen LogP contribution in [0.4, 0.5) is 0 Å². The Labute approximate surface area is 110 Å². The Morgan fingerprint density at radius 1 is 1.50 bits per heavy atom. The maximum Gasteiger partial charge on any atom is 0.123 e. The van der Waals surface area contributed by atoms with Crippen LogP contribution in [-0.2, 0) is 11.3 Å². The highest BCUT2D eigenvalue weighted by Crippen LogP contribution is 2.27. The van der Waals surface area contributed by atoms with Crippen LogP contribution in [-0.4, -0.2) is 34.2 Å². The van der Waals surface area contributed by atoms with E-state index in [0.717, 1.165) is 31.2 Å². The van der Waals surface area contributed by atoms with E-state index in [-0.39, 0.29) is 6.04 Å². The summed E-state index contributed by atoms with van der Waals surface area (Å²) in [6.45, 7) is 5.17. The quantitative estimate of drug-likeness (QED) is 0.849. The predicted octanol–water partition coefficient (Wildman–Crippen LogP) is 2.01. The van der Waals surface area contributed by atoms with Gasteiger partial charge in [-0.25, -0.2) is 0 Å². The summed E-state index contributed by atoms with van der Waals surface area (Å²) < 4.78 is 15.2. The summed E-state index contributed by atoms with van der Waals surface area (Å²) >= 11 is 1.44. The van der Waals surface area contributed by atoms with Crippen LogP contribution in [0.3, 0.4) is 0 Å². The second-order valence-corrected chi connectivity index (χ2v) is 5.26. The first-order valence-corrected chi connectivity index (χ1v) is 6.74. The molecule has 0 bridgehead atoms. The van der Waals surface area contributed by atoms with Gasteiger partial charge in [0.15, 0.2) is 0 Å². The van der Waals surface area contributed by atoms with Crippen LogP contribution >= 0.6 is 11.5 Å². The van der Waals surface area contributed by atoms with Crippen LogP contribution in [0.25, 0.3) is 0 Å². The van der Waals surface area contributed by atoms with Gasteiger partial charge in [-0.3, -0.25) is 4.90 Å². The molecule has 0 N–H and O–H groups in total. The smallest absolute Gasteiger partial charge is 0.123 e. The molecule has 0 aromatic carbocycles. The molecule has 1 saturated heterocycles. The van der Waals surface area contributed by atoms with E-state index in [4.69, 9.17) is 9.15 Å². The topological polar surface area (TPSA) is 51.4 Å². The minimum Gasteiger partial charge on any atom is -0.465 e. The molecule has 1 atom stereocenters. The fourth-order valence-corrected chi connectivity index (χ4v) is 2.70. The lowest BCUT2D eigenvalue weighted by Crippen LogP contribution is -2.38. The van der Waals surface area contributed by atoms with E-state index < -0.39 is 0 Å². The monoisotopic (exact) mass is 265 g/mol. The van der Waals surface area contributed by atoms with Crippen molar-refractivity contribution in [3.63, 3.8) is 0 Å². The zero-order chi connectivity index (χ0) is 12.4. The van der Waals surface area contributed by atoms with Gasteiger partial charge in [0, 0.05) is 13.1 Å². The lowest BCUT2D eigenvalue weighted by atomic mass is 10.1. The first-order chi connectivity index (χ1) is 8.83. The van der Waals surface area contributed by atoms with Crippen LogP contribution in [0.15, 0.2) is 22.7 Å². The van der Waals surface area contributed by atoms with Crippen molar-refractivity contribution in [2.75, 3.05) is 19.8 Å². The summed E-state index contributed by atoms with van der Waals surface area (Å²) in [5.74, 6) is 1.92. The summed E-state index contributed by atoms with van der Waals surface area (Å²) in [5, 5.41) is 3.88. The average Bonchev–Trinajstić information content (AvgIpc) is 3.02. The molecule has 3 rings (SSSR count). The maximum atomic E-state index is 5.72. The second kappa shape index (κ2) is 5.17. The van der Waals surface area contributed by atoms with Crippen molar-refractivity contribution in [2.45, 2.75) is 19.5 Å². The lowest BCUT2D eigenvalue weighted by Gasteiger charge is -2.33. The molecule has 5 nitrogen and oxygen atoms in total. The number of morpholine rings is 1. The van der Waals surface area contributed by atoms with Gasteiger partial charge in [-0.05, 0) is 30.6 Å². The molecule has 1 unspecified atom stereocenters. The molecule has 2 aromatic heterocycles. The molecule has 0 aliphatic carbocycles. The molecule has 2 aromatic rings. The van der Waals surface area contributed by atoms with Crippen LogP contribution in [0.1, 0.15) is 22.4 Å². The van der Waals surface area contributed by atoms with Crippen molar-refractivity contribution < 1.29 is 9.15 Å². The molecule has 1 fully saturated rings. The Hall–Kier alpha value is -1.24. The number of aromatic nitrogens is 2. The van der Waals surface area contributed by atoms with E-state index in [1.54, 1.807) is 0 Å². The van der Waals surface area contributed by atoms with E-state index in [1.807, 2.05) is 25.3 Å². The van der Waals surface area contributed by atoms with Gasteiger partial charge in [0.05, 0.1) is 30.3 Å². The van der Waals surface area contributed by atoms with E-state index in [9.17, 15) is 0 Å². The van der Waals surface area contributed by atoms with E-state index in [2.05, 4.69) is 14.5 Å². The van der Waals surface area contributed by atoms with E-state index in [1.165, 1.54) is 16.4 Å². The zero-order valence-electron chi connectivity index (χ0n) is 10.2. The van der Waals surface area contributed by atoms with Gasteiger partial charge in [0.1, 0.15) is 11.5 Å². The molecular weight excluding hydrogens is 250 g/mol. The van der Waals surface area contributed by atoms with Crippen LogP contribution in [0.5, 0.6) is 0 Å². The van der Waals surface area contributed by atoms with Gasteiger partial charge < -0.3 is 9.15 Å². The third-order valence-electron chi connectivity index (χ3n) is 3.09. The number of ether oxygens (including phenoxy) is 1. The van der Waals surface area contributed by atoms with Crippen molar-refractivity contribution in [3.8, 4) is 0 Å². The summed E-state index contributed by atoms with van der Waals surface area (Å²) in [5.41, 5.74) is 0. The van der Waals surface area contributed by atoms with Crippen LogP contribution in [0.2, 0.25) is 0 Å². The highest BCUT2D eigenvalue weighted by molar-refractivity contribution is 7.05. The maximum absolute atomic E-state index is 5.72. The normalized spacial score (nSPS) is 21.3. The number of rotatable bonds is 3. The fraction of sp³-hybridized carbons (Fsp3) is 0.500. The lowest BCUT2D eigenvalue weighted by molar-refractivity contribution is -0.0201. The second-order valence-electron chi connectivity index (χ2n) is 4.39. The Bertz CT molecular complexity index is 497. The number of hydrogen-bond donors (Lipinski definition) is 0. The largest absolute Gasteiger partial charge is 0.465 e. The summed E-state index contributed by atoms with van der Waals surface area (Å²) in [7, 11) is 0. The SMILES string of the molecule is Cc1ccc(C2COCCN2Cc2cnns2)o1. The first-order valence-electron chi connectivity index (χ1n) is 5.97. The molecule has 1 aliphatic rings. The van der Waals surface area contributed by atoms with Crippen LogP contribution in [0, 0.1) is 6.92 Å². The third-order valence-corrected chi connectivity index (χ3v) is 3.74. The summed E-state index contributed by atoms with van der Waals surface area (Å²) in [6, 6.07) is 4.22. The minimum atomic E-state index is 0.189. The number of aryl methyl sites for hydroxylation is 1. The molecule has 1 aliphatic heterocycles. The molecule has 3 heterocycles. The minimum absolute atomic E-state index is 0.189. The van der Waals surface area contributed by atoms with Gasteiger partial charge >= 0.3 is 0 Å². The Morgan fingerprint density at radius 2 is 2.44 bits per heavy atom. The predicted molar refractivity (Wildman–Crippen MR) is 67.3 cm³/mol. The van der Waals surface area contributed by atoms with E-state index >= 15 is 0 Å². The summed E-state index contributed by atoms with van der Waals surface area (Å²) in [6.07, 6.45) is 1.82. The standard InChI is InChI=1S/C12H15N3O2S/c1-9-2-3-12(17-9)11-8-16-5-4-15(11)7-10-6-13-14-18-10/h2-3,6,11H,4-5,7-8H2,1H3. The van der Waals surface area contributed by atoms with Gasteiger partial charge in [0.25, 0.3) is 0 Å². The number of furan rings is 1. The first kappa shape index (κ1) is 11.8. The zero-order valence-corrected chi connectivity index (χ0v) is 11.0. The third kappa shape index (κ3) is 2.45. The van der Waals surface area contributed by atoms with Crippen molar-refractivity contribution in [2.24, 2.45) is 0 Å². The molecule has 6 heteroatoms. The molecule has 0 radical (unpaired) electrons. The molecule has 0 saturated carbocycles. The van der Waals surface area contributed by atoms with Crippen LogP contribution < -0.4 is 0 Å². The fourth-order valence-electron chi connectivity index (χ4n) is 2.18. The Morgan fingerprint density at radius 3 is 3.17 bits per heavy atom. The highest BCUT2D eigenvalue weighted by Gasteiger charge is 2.27. The van der Waals surface area contributed by atoms with Gasteiger partial charge in [-0.2, -0.15) is 0 Å². The molecular formula is C12H15N3O2S. The number of nitrogens with zero attached hydrogens (tertiary/aromatic N) is 3. The Balaban J connectivity index is 1.77. The molecule has 18 heavy (non-hydrogen) atoms. The van der Waals surface area contributed by atoms with Gasteiger partial charge in [0.2, 0.25) is 0 Å². The number of hydrogen-bond acceptors (Lipinski definition) is 6. The van der Waals surface area contributed by atoms with E-state index in [0.29, 0.717) is 6.61 Å². The molecule has 0 amide bonds. The molecule has 0 spiro atoms. The Kier molecular flexibility index (Phi) is 3.40. The van der Waals surface area contributed by atoms with Gasteiger partial charge in [-0.1, -0.05) is 4.49 Å². The molecule has 96 valence electrons. The van der Waals surface area contributed by atoms with Crippen molar-refractivity contribution in [3.05, 3.63) is 34.7 Å². The van der Waals surface area contributed by atoms with Crippen molar-refractivity contribution >= 4 is 11.5 Å². The average molecular weight is 265 g/mol. The van der Waals surface area contributed by atoms with Crippen molar-refractivity contribution in [1.82, 2.24) is 14.5 Å². The van der Waals surface area contributed by atoms with Crippen molar-refractivity contribution in [1.29, 1.82) is 0 Å². The highest BCUT2D eigenvalue weighted by atomic mass is 32.1. The van der Waals surface area contributed by atoms with Gasteiger partial charge in [-0.15, -0.1) is 5.10 Å².